The summed E-state index contributed by atoms with van der Waals surface area (Å²) in [6, 6.07) is 8.03. The van der Waals surface area contributed by atoms with Crippen LogP contribution in [0.15, 0.2) is 36.4 Å². The van der Waals surface area contributed by atoms with Gasteiger partial charge in [0.05, 0.1) is 12.5 Å². The molecule has 0 bridgehead atoms. The molecule has 0 heterocycles. The summed E-state index contributed by atoms with van der Waals surface area (Å²) >= 11 is 0. The van der Waals surface area contributed by atoms with Crippen molar-refractivity contribution in [2.24, 2.45) is 5.92 Å². The van der Waals surface area contributed by atoms with Gasteiger partial charge in [0.2, 0.25) is 0 Å². The fraction of sp³-hybridized carbons (Fsp3) is 0.267. The van der Waals surface area contributed by atoms with Gasteiger partial charge in [0.1, 0.15) is 0 Å². The van der Waals surface area contributed by atoms with E-state index >= 15 is 0 Å². The number of esters is 1. The summed E-state index contributed by atoms with van der Waals surface area (Å²) in [5.41, 5.74) is 4.13. The van der Waals surface area contributed by atoms with Crippen molar-refractivity contribution >= 4 is 17.6 Å². The van der Waals surface area contributed by atoms with Crippen LogP contribution in [0.5, 0.6) is 0 Å². The number of hydrogen-bond donors (Lipinski definition) is 0. The van der Waals surface area contributed by atoms with Crippen LogP contribution in [0.1, 0.15) is 25.0 Å². The summed E-state index contributed by atoms with van der Waals surface area (Å²) < 4.78 is 5.04. The highest BCUT2D eigenvalue weighted by molar-refractivity contribution is 5.98. The van der Waals surface area contributed by atoms with E-state index in [4.69, 9.17) is 4.74 Å². The van der Waals surface area contributed by atoms with Gasteiger partial charge in [0.15, 0.2) is 0 Å². The monoisotopic (exact) mass is 228 g/mol. The molecule has 1 aliphatic carbocycles. The smallest absolute Gasteiger partial charge is 0.313 e. The minimum atomic E-state index is -0.255. The Balaban J connectivity index is 2.27. The van der Waals surface area contributed by atoms with Crippen LogP contribution in [0.2, 0.25) is 0 Å². The first kappa shape index (κ1) is 11.6. The Morgan fingerprint density at radius 2 is 2.12 bits per heavy atom. The van der Waals surface area contributed by atoms with E-state index in [1.165, 1.54) is 0 Å². The van der Waals surface area contributed by atoms with Crippen LogP contribution < -0.4 is 0 Å². The highest BCUT2D eigenvalue weighted by atomic mass is 16.5. The minimum absolute atomic E-state index is 0.187. The molecule has 88 valence electrons. The average Bonchev–Trinajstić information content (AvgIpc) is 2.67. The maximum absolute atomic E-state index is 11.7. The Morgan fingerprint density at radius 1 is 1.41 bits per heavy atom. The molecular weight excluding hydrogens is 212 g/mol. The van der Waals surface area contributed by atoms with Crippen molar-refractivity contribution in [3.63, 3.8) is 0 Å². The number of carbonyl (C=O) groups excluding carboxylic acids is 1. The minimum Gasteiger partial charge on any atom is -0.466 e. The van der Waals surface area contributed by atoms with Crippen LogP contribution in [0.3, 0.4) is 0 Å². The Morgan fingerprint density at radius 3 is 2.76 bits per heavy atom. The molecule has 1 aliphatic rings. The number of hydrogen-bond acceptors (Lipinski definition) is 2. The summed E-state index contributed by atoms with van der Waals surface area (Å²) in [5.74, 6) is -0.442. The van der Waals surface area contributed by atoms with E-state index in [1.807, 2.05) is 44.2 Å². The molecule has 1 aromatic carbocycles. The van der Waals surface area contributed by atoms with E-state index in [-0.39, 0.29) is 11.9 Å². The van der Waals surface area contributed by atoms with Crippen LogP contribution in [0.25, 0.3) is 11.6 Å². The lowest BCUT2D eigenvalue weighted by Gasteiger charge is -2.13. The second-order valence-electron chi connectivity index (χ2n) is 4.14. The third-order valence-electron chi connectivity index (χ3n) is 3.05. The largest absolute Gasteiger partial charge is 0.466 e. The number of fused-ring (bicyclic) bond motifs is 1. The standard InChI is InChI=1S/C15H16O2/c1-4-17-15(16)11(3)14-9-12-7-5-6-8-13(12)10(14)2/h5-9,11H,2,4H2,1,3H3. The summed E-state index contributed by atoms with van der Waals surface area (Å²) in [5, 5.41) is 0. The van der Waals surface area contributed by atoms with Gasteiger partial charge in [-0.3, -0.25) is 4.79 Å². The number of rotatable bonds is 3. The van der Waals surface area contributed by atoms with Gasteiger partial charge in [0, 0.05) is 0 Å². The fourth-order valence-corrected chi connectivity index (χ4v) is 2.09. The number of allylic oxidation sites excluding steroid dienone is 1. The van der Waals surface area contributed by atoms with Gasteiger partial charge in [-0.05, 0) is 42.2 Å². The highest BCUT2D eigenvalue weighted by Gasteiger charge is 2.26. The zero-order valence-electron chi connectivity index (χ0n) is 10.2. The van der Waals surface area contributed by atoms with E-state index in [1.54, 1.807) is 0 Å². The molecule has 0 radical (unpaired) electrons. The molecule has 2 nitrogen and oxygen atoms in total. The molecule has 1 atom stereocenters. The molecule has 2 rings (SSSR count). The van der Waals surface area contributed by atoms with Crippen molar-refractivity contribution in [3.05, 3.63) is 47.5 Å². The van der Waals surface area contributed by atoms with Crippen LogP contribution >= 0.6 is 0 Å². The predicted octanol–water partition coefficient (Wildman–Crippen LogP) is 3.30. The molecule has 0 fully saturated rings. The lowest BCUT2D eigenvalue weighted by atomic mass is 9.95. The van der Waals surface area contributed by atoms with Gasteiger partial charge in [-0.2, -0.15) is 0 Å². The van der Waals surface area contributed by atoms with E-state index in [0.717, 1.165) is 22.3 Å². The second-order valence-corrected chi connectivity index (χ2v) is 4.14. The fourth-order valence-electron chi connectivity index (χ4n) is 2.09. The second kappa shape index (κ2) is 4.58. The van der Waals surface area contributed by atoms with Crippen LogP contribution in [-0.4, -0.2) is 12.6 Å². The molecule has 0 saturated carbocycles. The van der Waals surface area contributed by atoms with Crippen LogP contribution in [0, 0.1) is 5.92 Å². The average molecular weight is 228 g/mol. The zero-order chi connectivity index (χ0) is 12.4. The van der Waals surface area contributed by atoms with Crippen molar-refractivity contribution in [3.8, 4) is 0 Å². The molecule has 1 aromatic rings. The number of ether oxygens (including phenoxy) is 1. The van der Waals surface area contributed by atoms with Gasteiger partial charge >= 0.3 is 5.97 Å². The number of benzene rings is 1. The highest BCUT2D eigenvalue weighted by Crippen LogP contribution is 2.38. The maximum atomic E-state index is 11.7. The van der Waals surface area contributed by atoms with Gasteiger partial charge in [-0.15, -0.1) is 0 Å². The van der Waals surface area contributed by atoms with Crippen molar-refractivity contribution in [1.82, 2.24) is 0 Å². The molecule has 0 aromatic heterocycles. The molecule has 17 heavy (non-hydrogen) atoms. The maximum Gasteiger partial charge on any atom is 0.313 e. The Labute approximate surface area is 102 Å². The summed E-state index contributed by atoms with van der Waals surface area (Å²) in [6.45, 7) is 8.16. The number of carbonyl (C=O) groups is 1. The normalized spacial score (nSPS) is 15.2. The molecule has 0 N–H and O–H groups in total. The lowest BCUT2D eigenvalue weighted by Crippen LogP contribution is -2.16. The Bertz CT molecular complexity index is 497. The summed E-state index contributed by atoms with van der Waals surface area (Å²) in [6.07, 6.45) is 2.03. The van der Waals surface area contributed by atoms with E-state index in [0.29, 0.717) is 6.61 Å². The first-order valence-corrected chi connectivity index (χ1v) is 5.82. The Hall–Kier alpha value is -1.83. The molecule has 1 unspecified atom stereocenters. The van der Waals surface area contributed by atoms with Gasteiger partial charge in [-0.25, -0.2) is 0 Å². The van der Waals surface area contributed by atoms with Crippen molar-refractivity contribution in [1.29, 1.82) is 0 Å². The van der Waals surface area contributed by atoms with Gasteiger partial charge in [0.25, 0.3) is 0 Å². The van der Waals surface area contributed by atoms with Crippen molar-refractivity contribution < 1.29 is 9.53 Å². The van der Waals surface area contributed by atoms with E-state index < -0.39 is 0 Å². The lowest BCUT2D eigenvalue weighted by molar-refractivity contribution is -0.145. The van der Waals surface area contributed by atoms with Gasteiger partial charge < -0.3 is 4.74 Å². The molecule has 2 heteroatoms. The third kappa shape index (κ3) is 2.03. The molecule has 0 amide bonds. The predicted molar refractivity (Wildman–Crippen MR) is 69.3 cm³/mol. The topological polar surface area (TPSA) is 26.3 Å². The summed E-state index contributed by atoms with van der Waals surface area (Å²) in [7, 11) is 0. The van der Waals surface area contributed by atoms with Crippen LogP contribution in [-0.2, 0) is 9.53 Å². The molecule has 0 spiro atoms. The van der Waals surface area contributed by atoms with E-state index in [2.05, 4.69) is 6.58 Å². The first-order valence-electron chi connectivity index (χ1n) is 5.82. The molecular formula is C15H16O2. The summed E-state index contributed by atoms with van der Waals surface area (Å²) in [4.78, 5) is 11.7. The van der Waals surface area contributed by atoms with Gasteiger partial charge in [-0.1, -0.05) is 30.8 Å². The zero-order valence-corrected chi connectivity index (χ0v) is 10.2. The Kier molecular flexibility index (Phi) is 3.14. The third-order valence-corrected chi connectivity index (χ3v) is 3.05. The quantitative estimate of drug-likeness (QED) is 0.742. The van der Waals surface area contributed by atoms with Crippen LogP contribution in [0.4, 0.5) is 0 Å². The first-order chi connectivity index (χ1) is 8.15. The molecule has 0 aliphatic heterocycles. The molecule has 0 saturated heterocycles. The van der Waals surface area contributed by atoms with E-state index in [9.17, 15) is 4.79 Å². The van der Waals surface area contributed by atoms with Crippen molar-refractivity contribution in [2.75, 3.05) is 6.61 Å². The van der Waals surface area contributed by atoms with Crippen molar-refractivity contribution in [2.45, 2.75) is 13.8 Å². The SMILES string of the molecule is C=C1C(C(C)C(=O)OCC)=Cc2ccccc21.